The third-order valence-corrected chi connectivity index (χ3v) is 1.41. The van der Waals surface area contributed by atoms with Crippen LogP contribution in [0.3, 0.4) is 0 Å². The highest BCUT2D eigenvalue weighted by molar-refractivity contribution is 9.24. The highest BCUT2D eigenvalue weighted by Gasteiger charge is 2.05. The van der Waals surface area contributed by atoms with Gasteiger partial charge in [0.15, 0.2) is 0 Å². The van der Waals surface area contributed by atoms with Crippen molar-refractivity contribution >= 4 is 31.9 Å². The zero-order valence-corrected chi connectivity index (χ0v) is 7.39. The van der Waals surface area contributed by atoms with Gasteiger partial charge in [0.2, 0.25) is 0 Å². The number of hydrogen-bond donors (Lipinski definition) is 2. The second-order valence-corrected chi connectivity index (χ2v) is 4.90. The normalized spacial score (nSPS) is 14.6. The first-order valence-electron chi connectivity index (χ1n) is 2.24. The molecule has 0 saturated heterocycles. The molecular formula is C4H8Br2O2. The van der Waals surface area contributed by atoms with Gasteiger partial charge in [-0.15, -0.1) is 0 Å². The van der Waals surface area contributed by atoms with E-state index in [4.69, 9.17) is 10.2 Å². The predicted octanol–water partition coefficient (Wildman–Crippen LogP) is 0.846. The summed E-state index contributed by atoms with van der Waals surface area (Å²) >= 11 is 6.32. The summed E-state index contributed by atoms with van der Waals surface area (Å²) in [6.07, 6.45) is -0.0880. The van der Waals surface area contributed by atoms with Gasteiger partial charge in [0, 0.05) is 0 Å². The Balaban J connectivity index is 3.10. The Morgan fingerprint density at radius 2 is 1.88 bits per heavy atom. The lowest BCUT2D eigenvalue weighted by molar-refractivity contribution is 0.0923. The smallest absolute Gasteiger partial charge is 0.0789 e. The minimum atomic E-state index is -0.612. The second-order valence-electron chi connectivity index (χ2n) is 1.46. The summed E-state index contributed by atoms with van der Waals surface area (Å²) in [5.74, 6) is 0. The van der Waals surface area contributed by atoms with Crippen molar-refractivity contribution in [3.63, 3.8) is 0 Å². The second kappa shape index (κ2) is 4.73. The number of alkyl halides is 2. The molecule has 0 aliphatic carbocycles. The maximum absolute atomic E-state index is 8.72. The van der Waals surface area contributed by atoms with E-state index in [-0.39, 0.29) is 10.3 Å². The summed E-state index contributed by atoms with van der Waals surface area (Å²) in [6.45, 7) is -0.173. The molecule has 2 N–H and O–H groups in total. The molecule has 0 radical (unpaired) electrons. The summed E-state index contributed by atoms with van der Waals surface area (Å²) < 4.78 is 0.0946. The predicted molar refractivity (Wildman–Crippen MR) is 39.4 cm³/mol. The highest BCUT2D eigenvalue weighted by atomic mass is 79.9. The molecule has 8 heavy (non-hydrogen) atoms. The fraction of sp³-hybridized carbons (Fsp3) is 1.00. The molecular weight excluding hydrogens is 240 g/mol. The van der Waals surface area contributed by atoms with Gasteiger partial charge in [0.25, 0.3) is 0 Å². The zero-order valence-electron chi connectivity index (χ0n) is 4.22. The van der Waals surface area contributed by atoms with Gasteiger partial charge in [-0.25, -0.2) is 0 Å². The van der Waals surface area contributed by atoms with Gasteiger partial charge in [0.1, 0.15) is 0 Å². The highest BCUT2D eigenvalue weighted by Crippen LogP contribution is 2.14. The Hall–Kier alpha value is 0.880. The van der Waals surface area contributed by atoms with Crippen LogP contribution in [0.5, 0.6) is 0 Å². The Morgan fingerprint density at radius 3 is 2.00 bits per heavy atom. The first-order chi connectivity index (χ1) is 3.66. The van der Waals surface area contributed by atoms with Crippen LogP contribution in [0.2, 0.25) is 0 Å². The van der Waals surface area contributed by atoms with Gasteiger partial charge >= 0.3 is 0 Å². The molecule has 0 aromatic carbocycles. The van der Waals surface area contributed by atoms with Crippen molar-refractivity contribution in [1.82, 2.24) is 0 Å². The van der Waals surface area contributed by atoms with Crippen LogP contribution in [-0.4, -0.2) is 26.7 Å². The van der Waals surface area contributed by atoms with E-state index in [0.717, 1.165) is 0 Å². The van der Waals surface area contributed by atoms with Crippen LogP contribution in [0.25, 0.3) is 0 Å². The molecule has 0 aliphatic rings. The summed E-state index contributed by atoms with van der Waals surface area (Å²) in [5, 5.41) is 17.0. The number of halogens is 2. The van der Waals surface area contributed by atoms with Crippen molar-refractivity contribution in [3.8, 4) is 0 Å². The Labute approximate surface area is 65.2 Å². The topological polar surface area (TPSA) is 40.5 Å². The fourth-order valence-corrected chi connectivity index (χ4v) is 1.14. The molecule has 0 bridgehead atoms. The molecule has 0 saturated carbocycles. The largest absolute Gasteiger partial charge is 0.394 e. The van der Waals surface area contributed by atoms with Crippen LogP contribution in [0.1, 0.15) is 6.42 Å². The molecule has 2 nitrogen and oxygen atoms in total. The van der Waals surface area contributed by atoms with Gasteiger partial charge in [-0.2, -0.15) is 0 Å². The van der Waals surface area contributed by atoms with Crippen LogP contribution < -0.4 is 0 Å². The molecule has 4 heteroatoms. The van der Waals surface area contributed by atoms with Crippen LogP contribution >= 0.6 is 31.9 Å². The van der Waals surface area contributed by atoms with Crippen LogP contribution in [0.15, 0.2) is 0 Å². The van der Waals surface area contributed by atoms with Crippen LogP contribution in [0.4, 0.5) is 0 Å². The first kappa shape index (κ1) is 8.88. The van der Waals surface area contributed by atoms with E-state index in [2.05, 4.69) is 31.9 Å². The molecule has 0 spiro atoms. The average Bonchev–Trinajstić information content (AvgIpc) is 1.65. The molecule has 1 unspecified atom stereocenters. The third-order valence-electron chi connectivity index (χ3n) is 0.661. The monoisotopic (exact) mass is 246 g/mol. The zero-order chi connectivity index (χ0) is 6.57. The number of hydrogen-bond acceptors (Lipinski definition) is 2. The van der Waals surface area contributed by atoms with E-state index in [1.165, 1.54) is 0 Å². The molecule has 0 aromatic rings. The Bertz CT molecular complexity index is 58.0. The Morgan fingerprint density at radius 1 is 1.38 bits per heavy atom. The Kier molecular flexibility index (Phi) is 5.25. The summed E-state index contributed by atoms with van der Waals surface area (Å²) in [7, 11) is 0. The molecule has 1 atom stereocenters. The van der Waals surface area contributed by atoms with Crippen molar-refractivity contribution in [3.05, 3.63) is 0 Å². The summed E-state index contributed by atoms with van der Waals surface area (Å²) in [4.78, 5) is 0. The lowest BCUT2D eigenvalue weighted by Gasteiger charge is -2.05. The summed E-state index contributed by atoms with van der Waals surface area (Å²) in [5.41, 5.74) is 0. The SMILES string of the molecule is OCC(O)CC(Br)Br. The van der Waals surface area contributed by atoms with Gasteiger partial charge in [-0.1, -0.05) is 31.9 Å². The standard InChI is InChI=1S/C4H8Br2O2/c5-4(6)1-3(8)2-7/h3-4,7-8H,1-2H2. The van der Waals surface area contributed by atoms with Crippen LogP contribution in [-0.2, 0) is 0 Å². The molecule has 50 valence electrons. The maximum atomic E-state index is 8.72. The van der Waals surface area contributed by atoms with E-state index < -0.39 is 6.10 Å². The third kappa shape index (κ3) is 5.03. The maximum Gasteiger partial charge on any atom is 0.0789 e. The van der Waals surface area contributed by atoms with Gasteiger partial charge in [0.05, 0.1) is 16.4 Å². The van der Waals surface area contributed by atoms with Crippen molar-refractivity contribution < 1.29 is 10.2 Å². The molecule has 0 aliphatic heterocycles. The number of aliphatic hydroxyl groups excluding tert-OH is 2. The van der Waals surface area contributed by atoms with Crippen LogP contribution in [0, 0.1) is 0 Å². The lowest BCUT2D eigenvalue weighted by atomic mass is 10.3. The number of rotatable bonds is 3. The van der Waals surface area contributed by atoms with Gasteiger partial charge < -0.3 is 10.2 Å². The van der Waals surface area contributed by atoms with Gasteiger partial charge in [-0.3, -0.25) is 0 Å². The quantitative estimate of drug-likeness (QED) is 0.726. The lowest BCUT2D eigenvalue weighted by Crippen LogP contribution is -2.14. The van der Waals surface area contributed by atoms with E-state index in [9.17, 15) is 0 Å². The fourth-order valence-electron chi connectivity index (χ4n) is 0.280. The van der Waals surface area contributed by atoms with Crippen molar-refractivity contribution in [2.24, 2.45) is 0 Å². The van der Waals surface area contributed by atoms with E-state index >= 15 is 0 Å². The minimum absolute atomic E-state index is 0.0946. The molecule has 0 aromatic heterocycles. The number of aliphatic hydroxyl groups is 2. The molecule has 0 heterocycles. The molecule has 0 fully saturated rings. The molecule has 0 amide bonds. The van der Waals surface area contributed by atoms with Crippen molar-refractivity contribution in [2.45, 2.75) is 16.3 Å². The minimum Gasteiger partial charge on any atom is -0.394 e. The van der Waals surface area contributed by atoms with E-state index in [0.29, 0.717) is 6.42 Å². The van der Waals surface area contributed by atoms with E-state index in [1.54, 1.807) is 0 Å². The van der Waals surface area contributed by atoms with Crippen molar-refractivity contribution in [1.29, 1.82) is 0 Å². The first-order valence-corrected chi connectivity index (χ1v) is 4.07. The van der Waals surface area contributed by atoms with Crippen molar-refractivity contribution in [2.75, 3.05) is 6.61 Å². The van der Waals surface area contributed by atoms with Gasteiger partial charge in [-0.05, 0) is 6.42 Å². The molecule has 0 rings (SSSR count). The average molecular weight is 248 g/mol. The summed E-state index contributed by atoms with van der Waals surface area (Å²) in [6, 6.07) is 0. The van der Waals surface area contributed by atoms with E-state index in [1.807, 2.05) is 0 Å².